The van der Waals surface area contributed by atoms with Gasteiger partial charge in [0.25, 0.3) is 0 Å². The van der Waals surface area contributed by atoms with Gasteiger partial charge >= 0.3 is 0 Å². The minimum atomic E-state index is 1.18. The SMILES string of the molecule is CCC/C=C/c1ccccc1.CCCCCc1ccccc1.Cc1cccc2ccccc12. The van der Waals surface area contributed by atoms with Gasteiger partial charge in [0.15, 0.2) is 0 Å². The lowest BCUT2D eigenvalue weighted by Crippen LogP contribution is -1.83. The van der Waals surface area contributed by atoms with E-state index in [1.54, 1.807) is 0 Å². The van der Waals surface area contributed by atoms with Gasteiger partial charge in [-0.3, -0.25) is 0 Å². The van der Waals surface area contributed by atoms with Crippen molar-refractivity contribution in [3.8, 4) is 0 Å². The molecule has 0 aliphatic rings. The lowest BCUT2D eigenvalue weighted by Gasteiger charge is -1.98. The molecule has 0 N–H and O–H groups in total. The molecule has 0 nitrogen and oxygen atoms in total. The highest BCUT2D eigenvalue weighted by Gasteiger charge is 1.92. The van der Waals surface area contributed by atoms with Crippen LogP contribution in [0, 0.1) is 6.92 Å². The van der Waals surface area contributed by atoms with E-state index in [9.17, 15) is 0 Å². The zero-order valence-electron chi connectivity index (χ0n) is 20.7. The fraction of sp³-hybridized carbons (Fsp3) is 0.273. The van der Waals surface area contributed by atoms with E-state index in [0.29, 0.717) is 0 Å². The first-order chi connectivity index (χ1) is 16.2. The Labute approximate surface area is 202 Å². The number of rotatable bonds is 7. The first-order valence-corrected chi connectivity index (χ1v) is 12.4. The molecular weight excluding hydrogens is 396 g/mol. The van der Waals surface area contributed by atoms with Crippen LogP contribution in [0.5, 0.6) is 0 Å². The van der Waals surface area contributed by atoms with E-state index in [2.05, 4.69) is 130 Å². The standard InChI is InChI=1S/C11H10.C11H16.C11H14/c1-9-5-4-7-10-6-2-3-8-11(9)10;2*1-2-3-5-8-11-9-6-4-7-10-11/h2-8H,1H3;4,6-7,9-10H,2-3,5,8H2,1H3;4-10H,2-3H2,1H3/b;;8-5+. The second kappa shape index (κ2) is 16.5. The summed E-state index contributed by atoms with van der Waals surface area (Å²) in [5.41, 5.74) is 4.12. The van der Waals surface area contributed by atoms with Crippen LogP contribution >= 0.6 is 0 Å². The number of allylic oxidation sites excluding steroid dienone is 1. The van der Waals surface area contributed by atoms with Gasteiger partial charge in [0.1, 0.15) is 0 Å². The van der Waals surface area contributed by atoms with Crippen LogP contribution in [0.15, 0.2) is 109 Å². The Balaban J connectivity index is 0.000000175. The van der Waals surface area contributed by atoms with Crippen molar-refractivity contribution in [1.82, 2.24) is 0 Å². The molecule has 4 aromatic carbocycles. The summed E-state index contributed by atoms with van der Waals surface area (Å²) in [6, 6.07) is 35.9. The third kappa shape index (κ3) is 10.8. The van der Waals surface area contributed by atoms with Crippen molar-refractivity contribution in [2.75, 3.05) is 0 Å². The molecule has 0 bridgehead atoms. The minimum Gasteiger partial charge on any atom is -0.0840 e. The molecule has 0 radical (unpaired) electrons. The monoisotopic (exact) mass is 436 g/mol. The predicted octanol–water partition coefficient (Wildman–Crippen LogP) is 10.1. The highest BCUT2D eigenvalue weighted by molar-refractivity contribution is 5.85. The van der Waals surface area contributed by atoms with Gasteiger partial charge < -0.3 is 0 Å². The van der Waals surface area contributed by atoms with Crippen molar-refractivity contribution >= 4 is 16.8 Å². The number of unbranched alkanes of at least 4 members (excludes halogenated alkanes) is 3. The zero-order chi connectivity index (χ0) is 23.6. The lowest BCUT2D eigenvalue weighted by molar-refractivity contribution is 0.717. The van der Waals surface area contributed by atoms with Gasteiger partial charge in [0.2, 0.25) is 0 Å². The second-order valence-corrected chi connectivity index (χ2v) is 8.34. The number of hydrogen-bond acceptors (Lipinski definition) is 0. The van der Waals surface area contributed by atoms with Crippen molar-refractivity contribution in [2.24, 2.45) is 0 Å². The number of aryl methyl sites for hydroxylation is 2. The fourth-order valence-electron chi connectivity index (χ4n) is 3.56. The minimum absolute atomic E-state index is 1.18. The molecule has 0 heterocycles. The van der Waals surface area contributed by atoms with E-state index in [1.807, 2.05) is 6.07 Å². The van der Waals surface area contributed by atoms with Crippen molar-refractivity contribution in [2.45, 2.75) is 59.3 Å². The van der Waals surface area contributed by atoms with Gasteiger partial charge in [-0.2, -0.15) is 0 Å². The Bertz CT molecular complexity index is 1020. The molecule has 0 atom stereocenters. The van der Waals surface area contributed by atoms with Crippen molar-refractivity contribution < 1.29 is 0 Å². The first-order valence-electron chi connectivity index (χ1n) is 12.4. The molecule has 172 valence electrons. The molecule has 0 unspecified atom stereocenters. The molecule has 33 heavy (non-hydrogen) atoms. The third-order valence-electron chi connectivity index (χ3n) is 5.48. The molecule has 0 aliphatic carbocycles. The second-order valence-electron chi connectivity index (χ2n) is 8.34. The average Bonchev–Trinajstić information content (AvgIpc) is 2.87. The van der Waals surface area contributed by atoms with E-state index in [1.165, 1.54) is 66.0 Å². The molecule has 4 rings (SSSR count). The molecular formula is C33H40. The number of benzene rings is 4. The average molecular weight is 437 g/mol. The smallest absolute Gasteiger partial charge is 0.0155 e. The van der Waals surface area contributed by atoms with Crippen LogP contribution in [0.1, 0.15) is 62.6 Å². The Morgan fingerprint density at radius 1 is 0.606 bits per heavy atom. The van der Waals surface area contributed by atoms with Gasteiger partial charge in [-0.15, -0.1) is 0 Å². The molecule has 0 fully saturated rings. The topological polar surface area (TPSA) is 0 Å². The quantitative estimate of drug-likeness (QED) is 0.253. The van der Waals surface area contributed by atoms with E-state index in [0.717, 1.165) is 0 Å². The Kier molecular flexibility index (Phi) is 13.1. The summed E-state index contributed by atoms with van der Waals surface area (Å²) in [5, 5.41) is 2.68. The molecule has 0 aromatic heterocycles. The van der Waals surface area contributed by atoms with Gasteiger partial charge in [-0.05, 0) is 53.6 Å². The van der Waals surface area contributed by atoms with Gasteiger partial charge in [0.05, 0.1) is 0 Å². The molecule has 0 saturated heterocycles. The number of fused-ring (bicyclic) bond motifs is 1. The van der Waals surface area contributed by atoms with Crippen molar-refractivity contribution in [1.29, 1.82) is 0 Å². The van der Waals surface area contributed by atoms with Gasteiger partial charge in [-0.1, -0.05) is 148 Å². The first kappa shape index (κ1) is 26.1. The Morgan fingerprint density at radius 2 is 1.24 bits per heavy atom. The lowest BCUT2D eigenvalue weighted by atomic mass is 10.1. The van der Waals surface area contributed by atoms with Crippen LogP contribution in [0.2, 0.25) is 0 Å². The van der Waals surface area contributed by atoms with Crippen LogP contribution < -0.4 is 0 Å². The summed E-state index contributed by atoms with van der Waals surface area (Å²) >= 11 is 0. The van der Waals surface area contributed by atoms with E-state index < -0.39 is 0 Å². The predicted molar refractivity (Wildman–Crippen MR) is 149 cm³/mol. The summed E-state index contributed by atoms with van der Waals surface area (Å²) in [4.78, 5) is 0. The summed E-state index contributed by atoms with van der Waals surface area (Å²) in [6.07, 6.45) is 12.0. The highest BCUT2D eigenvalue weighted by atomic mass is 14.0. The molecule has 0 aliphatic heterocycles. The Hall–Kier alpha value is -3.12. The molecule has 4 aromatic rings. The fourth-order valence-corrected chi connectivity index (χ4v) is 3.56. The van der Waals surface area contributed by atoms with Crippen LogP contribution in [0.25, 0.3) is 16.8 Å². The Morgan fingerprint density at radius 3 is 1.91 bits per heavy atom. The van der Waals surface area contributed by atoms with Crippen molar-refractivity contribution in [3.63, 3.8) is 0 Å². The van der Waals surface area contributed by atoms with E-state index >= 15 is 0 Å². The highest BCUT2D eigenvalue weighted by Crippen LogP contribution is 2.16. The maximum atomic E-state index is 2.24. The third-order valence-corrected chi connectivity index (χ3v) is 5.48. The molecule has 0 spiro atoms. The molecule has 0 amide bonds. The summed E-state index contributed by atoms with van der Waals surface area (Å²) in [5.74, 6) is 0. The molecule has 0 saturated carbocycles. The summed E-state index contributed by atoms with van der Waals surface area (Å²) < 4.78 is 0. The largest absolute Gasteiger partial charge is 0.0840 e. The van der Waals surface area contributed by atoms with Crippen LogP contribution in [-0.4, -0.2) is 0 Å². The normalized spacial score (nSPS) is 10.3. The zero-order valence-corrected chi connectivity index (χ0v) is 20.7. The number of hydrogen-bond donors (Lipinski definition) is 0. The van der Waals surface area contributed by atoms with Gasteiger partial charge in [-0.25, -0.2) is 0 Å². The van der Waals surface area contributed by atoms with Crippen LogP contribution in [0.3, 0.4) is 0 Å². The maximum Gasteiger partial charge on any atom is -0.0155 e. The summed E-state index contributed by atoms with van der Waals surface area (Å²) in [7, 11) is 0. The van der Waals surface area contributed by atoms with E-state index in [-0.39, 0.29) is 0 Å². The van der Waals surface area contributed by atoms with Crippen molar-refractivity contribution in [3.05, 3.63) is 126 Å². The van der Waals surface area contributed by atoms with Crippen LogP contribution in [-0.2, 0) is 6.42 Å². The van der Waals surface area contributed by atoms with E-state index in [4.69, 9.17) is 0 Å². The molecule has 0 heteroatoms. The summed E-state index contributed by atoms with van der Waals surface area (Å²) in [6.45, 7) is 6.57. The van der Waals surface area contributed by atoms with Gasteiger partial charge in [0, 0.05) is 0 Å². The van der Waals surface area contributed by atoms with Crippen LogP contribution in [0.4, 0.5) is 0 Å². The maximum absolute atomic E-state index is 2.24.